The van der Waals surface area contributed by atoms with Crippen LogP contribution in [0.2, 0.25) is 0 Å². The van der Waals surface area contributed by atoms with Crippen molar-refractivity contribution in [3.05, 3.63) is 0 Å². The number of primary amides is 1. The maximum absolute atomic E-state index is 14.9. The van der Waals surface area contributed by atoms with E-state index in [1.165, 1.54) is 123 Å². The molecule has 0 spiro atoms. The van der Waals surface area contributed by atoms with Gasteiger partial charge in [-0.3, -0.25) is 81.6 Å². The van der Waals surface area contributed by atoms with Crippen LogP contribution in [0.5, 0.6) is 0 Å². The van der Waals surface area contributed by atoms with Crippen molar-refractivity contribution in [2.45, 2.75) is 145 Å². The molecule has 1 aliphatic rings. The maximum Gasteiger partial charge on any atom is 0.242 e. The molecule has 0 aromatic heterocycles. The molecule has 41 nitrogen and oxygen atoms in total. The van der Waals surface area contributed by atoms with Crippen LogP contribution in [0.25, 0.3) is 0 Å². The summed E-state index contributed by atoms with van der Waals surface area (Å²) in [6, 6.07) is 0. The van der Waals surface area contributed by atoms with Crippen LogP contribution >= 0.6 is 11.8 Å². The van der Waals surface area contributed by atoms with E-state index in [4.69, 9.17) is 48.4 Å². The second-order valence-corrected chi connectivity index (χ2v) is 35.6. The Labute approximate surface area is 775 Å². The minimum absolute atomic E-state index is 0.00371. The number of hydrogen-bond donors (Lipinski definition) is 3. The number of amides is 16. The first kappa shape index (κ1) is 120. The van der Waals surface area contributed by atoms with Gasteiger partial charge in [0, 0.05) is 180 Å². The summed E-state index contributed by atoms with van der Waals surface area (Å²) >= 11 is 1.18. The van der Waals surface area contributed by atoms with Gasteiger partial charge in [-0.1, -0.05) is 75.7 Å². The Kier molecular flexibility index (Phi) is 64.0. The second-order valence-electron chi connectivity index (χ2n) is 34.3. The Morgan fingerprint density at radius 2 is 0.608 bits per heavy atom. The number of methoxy groups -OCH3 is 8. The van der Waals surface area contributed by atoms with E-state index in [0.717, 1.165) is 9.80 Å². The number of nitrogens with one attached hydrogen (secondary N) is 1. The lowest BCUT2D eigenvalue weighted by Gasteiger charge is -2.33. The summed E-state index contributed by atoms with van der Waals surface area (Å²) in [6.07, 6.45) is 2.20. The van der Waals surface area contributed by atoms with E-state index in [2.05, 4.69) is 5.32 Å². The predicted molar refractivity (Wildman–Crippen MR) is 486 cm³/mol. The van der Waals surface area contributed by atoms with E-state index in [-0.39, 0.29) is 217 Å². The molecule has 748 valence electrons. The van der Waals surface area contributed by atoms with E-state index in [1.54, 1.807) is 0 Å². The van der Waals surface area contributed by atoms with Gasteiger partial charge in [-0.15, -0.1) is 11.8 Å². The van der Waals surface area contributed by atoms with Gasteiger partial charge in [0.1, 0.15) is 0 Å². The van der Waals surface area contributed by atoms with Crippen molar-refractivity contribution in [1.29, 1.82) is 0 Å². The lowest BCUT2D eigenvalue weighted by Crippen LogP contribution is -2.54. The second kappa shape index (κ2) is 69.5. The smallest absolute Gasteiger partial charge is 0.242 e. The molecular weight excluding hydrogens is 1720 g/mol. The number of aliphatic hydroxyl groups is 1. The summed E-state index contributed by atoms with van der Waals surface area (Å²) in [4.78, 5) is 241. The molecule has 0 aromatic rings. The largest absolute Gasteiger partial charge is 0.390 e. The molecule has 0 aliphatic carbocycles. The number of carbonyl (C=O) groups is 16. The Balaban J connectivity index is 3.53. The molecule has 0 bridgehead atoms. The number of ether oxygens (including phenoxy) is 9. The van der Waals surface area contributed by atoms with Crippen LogP contribution < -0.4 is 11.1 Å². The van der Waals surface area contributed by atoms with E-state index in [0.29, 0.717) is 57.5 Å². The fraction of sp³-hybridized carbons (Fsp3) is 0.818. The molecule has 1 aliphatic heterocycles. The van der Waals surface area contributed by atoms with Crippen LogP contribution in [-0.2, 0) is 119 Å². The monoisotopic (exact) mass is 1870 g/mol. The maximum atomic E-state index is 14.9. The summed E-state index contributed by atoms with van der Waals surface area (Å²) in [6.45, 7) is 13.5. The highest BCUT2D eigenvalue weighted by molar-refractivity contribution is 8.00. The van der Waals surface area contributed by atoms with Crippen molar-refractivity contribution in [3.8, 4) is 0 Å². The quantitative estimate of drug-likeness (QED) is 0.0521. The number of carbonyl (C=O) groups excluding carboxylic acids is 16. The Hall–Kier alpha value is -8.33. The molecule has 0 radical (unpaired) electrons. The first-order valence-corrected chi connectivity index (χ1v) is 46.3. The number of nitrogens with zero attached hydrogens (tertiary/aromatic N) is 13. The van der Waals surface area contributed by atoms with Crippen molar-refractivity contribution < 1.29 is 124 Å². The molecule has 130 heavy (non-hydrogen) atoms. The molecule has 1 heterocycles. The third-order valence-electron chi connectivity index (χ3n) is 21.0. The zero-order valence-corrected chi connectivity index (χ0v) is 82.0. The number of imide groups is 1. The van der Waals surface area contributed by atoms with Crippen molar-refractivity contribution in [3.63, 3.8) is 0 Å². The van der Waals surface area contributed by atoms with Crippen LogP contribution in [0, 0.1) is 29.6 Å². The zero-order chi connectivity index (χ0) is 97.8. The number of nitrogens with two attached hydrogens (primary N) is 1. The van der Waals surface area contributed by atoms with Crippen LogP contribution in [0.4, 0.5) is 0 Å². The van der Waals surface area contributed by atoms with E-state index in [9.17, 15) is 81.8 Å². The molecule has 0 saturated carbocycles. The number of thioether (sulfide) groups is 1. The molecule has 0 aromatic carbocycles. The fourth-order valence-electron chi connectivity index (χ4n) is 12.9. The minimum atomic E-state index is -0.802. The molecule has 42 heteroatoms. The van der Waals surface area contributed by atoms with Gasteiger partial charge >= 0.3 is 0 Å². The third-order valence-corrected chi connectivity index (χ3v) is 22.3. The van der Waals surface area contributed by atoms with Gasteiger partial charge in [0.25, 0.3) is 0 Å². The highest BCUT2D eigenvalue weighted by atomic mass is 32.2. The van der Waals surface area contributed by atoms with Gasteiger partial charge in [-0.2, -0.15) is 0 Å². The SMILES string of the molecule is COCCN(CC(N)=O)C(=O)CN(CCOC)C(=O)CN(CCOC)C(=O)CN(CCC(C)C)C(=O)CN(CCOC)C(=O)CN(CCC(C)C)C(=O)CN(CCOC)C(=O)CN(CCC(C)C)C(=O)CN(CCOC)C(=O)CN(CCC(C)C)C(=O)CN(CCOC)C(=O)CN(CCOC)C(=O)CCCCCNC(=O)CCN1C(=O)CC(SCC(O)COCC(C)C)C1=O. The van der Waals surface area contributed by atoms with Crippen molar-refractivity contribution in [1.82, 2.24) is 69.0 Å². The molecule has 1 saturated heterocycles. The van der Waals surface area contributed by atoms with Gasteiger partial charge in [-0.25, -0.2) is 0 Å². The Morgan fingerprint density at radius 1 is 0.354 bits per heavy atom. The third kappa shape index (κ3) is 51.6. The van der Waals surface area contributed by atoms with Crippen LogP contribution in [0.3, 0.4) is 0 Å². The Morgan fingerprint density at radius 3 is 0.854 bits per heavy atom. The topological polar surface area (TPSA) is 457 Å². The van der Waals surface area contributed by atoms with E-state index < -0.39 is 167 Å². The molecule has 16 amide bonds. The zero-order valence-electron chi connectivity index (χ0n) is 81.2. The standard InChI is InChI=1S/C88H159N15O26S/c1-66(2)23-29-91(52-82(114)97(36-44-123-13)57-77(109)92(30-24-67(3)4)53-83(115)99(38-46-125-15)59-79(111)94(32-26-69(7)8)55-85(117)102(41-49-128-18)62-87(119)101(40-48-127-17)61-81(113)95(34-42-121-11)51-73(89)105)78(110)58-98(37-45-124-14)84(116)54-93(31-25-68(5)6)80(112)60-100(39-47-126-16)86(118)56-96(35-43-122-12)75(107)22-20-19-21-28-90-74(106)27-33-103-76(108)50-72(88(103)120)130-65-71(104)64-129-63-70(9)10/h66-72,104H,19-65H2,1-18H3,(H2,89,105)(H,90,106). The summed E-state index contributed by atoms with van der Waals surface area (Å²) in [5, 5.41) is 12.4. The van der Waals surface area contributed by atoms with E-state index >= 15 is 0 Å². The van der Waals surface area contributed by atoms with E-state index in [1.807, 2.05) is 69.2 Å². The van der Waals surface area contributed by atoms with Gasteiger partial charge in [0.2, 0.25) is 94.5 Å². The number of unbranched alkanes of at least 4 members (excludes halogenated alkanes) is 2. The molecule has 2 atom stereocenters. The van der Waals surface area contributed by atoms with Crippen molar-refractivity contribution in [2.24, 2.45) is 35.3 Å². The summed E-state index contributed by atoms with van der Waals surface area (Å²) in [7, 11) is 11.3. The average molecular weight is 1880 g/mol. The summed E-state index contributed by atoms with van der Waals surface area (Å²) in [5.41, 5.74) is 5.44. The first-order chi connectivity index (χ1) is 61.7. The first-order valence-electron chi connectivity index (χ1n) is 45.3. The van der Waals surface area contributed by atoms with Gasteiger partial charge in [0.15, 0.2) is 0 Å². The number of rotatable bonds is 76. The van der Waals surface area contributed by atoms with Gasteiger partial charge in [0.05, 0.1) is 149 Å². The van der Waals surface area contributed by atoms with Crippen molar-refractivity contribution in [2.75, 3.05) is 299 Å². The van der Waals surface area contributed by atoms with Gasteiger partial charge in [-0.05, 0) is 68.1 Å². The van der Waals surface area contributed by atoms with Gasteiger partial charge < -0.3 is 118 Å². The lowest BCUT2D eigenvalue weighted by atomic mass is 10.1. The van der Waals surface area contributed by atoms with Crippen LogP contribution in [0.15, 0.2) is 0 Å². The van der Waals surface area contributed by atoms with Crippen molar-refractivity contribution >= 4 is 106 Å². The molecule has 2 unspecified atom stereocenters. The molecule has 4 N–H and O–H groups in total. The van der Waals surface area contributed by atoms with Crippen LogP contribution in [0.1, 0.15) is 133 Å². The predicted octanol–water partition coefficient (Wildman–Crippen LogP) is -0.269. The average Bonchev–Trinajstić information content (AvgIpc) is 1.71. The number of hydrogen-bond acceptors (Lipinski definition) is 27. The molecule has 1 fully saturated rings. The lowest BCUT2D eigenvalue weighted by molar-refractivity contribution is -0.150. The summed E-state index contributed by atoms with van der Waals surface area (Å²) in [5.74, 6) is -8.73. The normalized spacial score (nSPS) is 12.8. The fourth-order valence-corrected chi connectivity index (χ4v) is 13.9. The highest BCUT2D eigenvalue weighted by Gasteiger charge is 2.40. The minimum Gasteiger partial charge on any atom is -0.390 e. The highest BCUT2D eigenvalue weighted by Crippen LogP contribution is 2.26. The summed E-state index contributed by atoms with van der Waals surface area (Å²) < 4.78 is 48.1. The Bertz CT molecular complexity index is 3400. The molecular formula is C88H159N15O26S. The number of likely N-dealkylation sites (tertiary alicyclic amines) is 1. The number of aliphatic hydroxyl groups excluding tert-OH is 1. The molecule has 1 rings (SSSR count). The van der Waals surface area contributed by atoms with Crippen LogP contribution in [-0.4, -0.2) is 474 Å².